The summed E-state index contributed by atoms with van der Waals surface area (Å²) in [6.45, 7) is 3.85. The van der Waals surface area contributed by atoms with Crippen molar-refractivity contribution < 1.29 is 9.53 Å². The minimum absolute atomic E-state index is 0.0492. The molecule has 1 aliphatic rings. The molecule has 3 aromatic rings. The highest BCUT2D eigenvalue weighted by Gasteiger charge is 2.19. The summed E-state index contributed by atoms with van der Waals surface area (Å²) >= 11 is 1.41. The van der Waals surface area contributed by atoms with Gasteiger partial charge in [0, 0.05) is 5.69 Å². The van der Waals surface area contributed by atoms with Crippen molar-refractivity contribution >= 4 is 17.7 Å². The van der Waals surface area contributed by atoms with Gasteiger partial charge in [0.1, 0.15) is 12.4 Å². The van der Waals surface area contributed by atoms with Crippen LogP contribution in [0.25, 0.3) is 5.69 Å². The number of aromatic nitrogens is 3. The molecule has 0 atom stereocenters. The van der Waals surface area contributed by atoms with E-state index >= 15 is 0 Å². The minimum atomic E-state index is -0.0492. The summed E-state index contributed by atoms with van der Waals surface area (Å²) in [5, 5.41) is 12.5. The summed E-state index contributed by atoms with van der Waals surface area (Å²) < 4.78 is 7.69. The van der Waals surface area contributed by atoms with Crippen LogP contribution in [0.4, 0.5) is 0 Å². The first-order chi connectivity index (χ1) is 15.8. The number of likely N-dealkylation sites (tertiary alicyclic amines) is 1. The van der Waals surface area contributed by atoms with E-state index in [1.54, 1.807) is 0 Å². The second kappa shape index (κ2) is 11.7. The zero-order valence-electron chi connectivity index (χ0n) is 18.2. The predicted molar refractivity (Wildman–Crippen MR) is 126 cm³/mol. The quantitative estimate of drug-likeness (QED) is 0.376. The maximum Gasteiger partial charge on any atom is 0.230 e. The Kier molecular flexibility index (Phi) is 8.17. The molecule has 1 fully saturated rings. The summed E-state index contributed by atoms with van der Waals surface area (Å²) in [6.07, 6.45) is 3.76. The van der Waals surface area contributed by atoms with Crippen molar-refractivity contribution in [2.75, 3.05) is 32.0 Å². The van der Waals surface area contributed by atoms with Crippen LogP contribution in [-0.2, 0) is 11.3 Å². The number of hydrogen-bond acceptors (Lipinski definition) is 6. The van der Waals surface area contributed by atoms with Crippen molar-refractivity contribution in [3.8, 4) is 11.4 Å². The van der Waals surface area contributed by atoms with Gasteiger partial charge in [-0.3, -0.25) is 14.3 Å². The van der Waals surface area contributed by atoms with Gasteiger partial charge in [-0.25, -0.2) is 0 Å². The lowest BCUT2D eigenvalue weighted by molar-refractivity contribution is -0.118. The molecule has 1 aromatic heterocycles. The van der Waals surface area contributed by atoms with Crippen molar-refractivity contribution in [1.82, 2.24) is 25.0 Å². The maximum absolute atomic E-state index is 12.3. The van der Waals surface area contributed by atoms with E-state index in [2.05, 4.69) is 25.0 Å². The molecule has 168 valence electrons. The molecule has 2 heterocycles. The molecular formula is C24H29N5O2S. The van der Waals surface area contributed by atoms with Gasteiger partial charge in [-0.1, -0.05) is 54.6 Å². The molecule has 7 nitrogen and oxygen atoms in total. The predicted octanol–water partition coefficient (Wildman–Crippen LogP) is 3.54. The second-order valence-electron chi connectivity index (χ2n) is 7.71. The van der Waals surface area contributed by atoms with Gasteiger partial charge in [0.2, 0.25) is 5.91 Å². The molecule has 0 bridgehead atoms. The Labute approximate surface area is 193 Å². The molecule has 8 heteroatoms. The largest absolute Gasteiger partial charge is 0.492 e. The summed E-state index contributed by atoms with van der Waals surface area (Å²) in [4.78, 5) is 14.8. The SMILES string of the molecule is O=C(CSc1nnc(CN2CCCCC2)n1-c1ccccc1)NCCOc1ccccc1. The highest BCUT2D eigenvalue weighted by Crippen LogP contribution is 2.23. The Morgan fingerprint density at radius 3 is 2.44 bits per heavy atom. The number of rotatable bonds is 10. The molecule has 1 aliphatic heterocycles. The number of amides is 1. The first-order valence-corrected chi connectivity index (χ1v) is 12.1. The fourth-order valence-corrected chi connectivity index (χ4v) is 4.51. The minimum Gasteiger partial charge on any atom is -0.492 e. The first-order valence-electron chi connectivity index (χ1n) is 11.1. The lowest BCUT2D eigenvalue weighted by Crippen LogP contribution is -2.30. The molecule has 0 unspecified atom stereocenters. The standard InChI is InChI=1S/C24H29N5O2S/c30-23(25-14-17-31-21-12-6-2-7-13-21)19-32-24-27-26-22(18-28-15-8-3-9-16-28)29(24)20-10-4-1-5-11-20/h1-2,4-7,10-13H,3,8-9,14-19H2,(H,25,30). The van der Waals surface area contributed by atoms with Gasteiger partial charge in [-0.05, 0) is 50.2 Å². The Bertz CT molecular complexity index is 975. The number of nitrogens with zero attached hydrogens (tertiary/aromatic N) is 4. The average Bonchev–Trinajstić information content (AvgIpc) is 3.24. The summed E-state index contributed by atoms with van der Waals surface area (Å²) in [7, 11) is 0. The number of thioether (sulfide) groups is 1. The third-order valence-corrected chi connectivity index (χ3v) is 6.23. The van der Waals surface area contributed by atoms with Crippen molar-refractivity contribution in [3.05, 3.63) is 66.5 Å². The van der Waals surface area contributed by atoms with Crippen molar-refractivity contribution in [2.45, 2.75) is 31.0 Å². The van der Waals surface area contributed by atoms with Gasteiger partial charge in [0.25, 0.3) is 0 Å². The zero-order valence-corrected chi connectivity index (χ0v) is 19.0. The first kappa shape index (κ1) is 22.4. The monoisotopic (exact) mass is 451 g/mol. The number of carbonyl (C=O) groups excluding carboxylic acids is 1. The van der Waals surface area contributed by atoms with Crippen molar-refractivity contribution in [1.29, 1.82) is 0 Å². The van der Waals surface area contributed by atoms with Crippen LogP contribution in [-0.4, -0.2) is 57.6 Å². The lowest BCUT2D eigenvalue weighted by Gasteiger charge is -2.26. The van der Waals surface area contributed by atoms with Crippen LogP contribution in [0.15, 0.2) is 65.8 Å². The number of ether oxygens (including phenoxy) is 1. The van der Waals surface area contributed by atoms with Gasteiger partial charge in [-0.2, -0.15) is 0 Å². The summed E-state index contributed by atoms with van der Waals surface area (Å²) in [5.41, 5.74) is 1.02. The molecule has 2 aromatic carbocycles. The zero-order chi connectivity index (χ0) is 22.0. The van der Waals surface area contributed by atoms with E-state index in [9.17, 15) is 4.79 Å². The van der Waals surface area contributed by atoms with Gasteiger partial charge >= 0.3 is 0 Å². The Hall–Kier alpha value is -2.84. The molecule has 0 radical (unpaired) electrons. The molecule has 1 saturated heterocycles. The number of para-hydroxylation sites is 2. The molecule has 32 heavy (non-hydrogen) atoms. The fourth-order valence-electron chi connectivity index (χ4n) is 3.71. The Balaban J connectivity index is 1.33. The van der Waals surface area contributed by atoms with E-state index < -0.39 is 0 Å². The topological polar surface area (TPSA) is 72.3 Å². The van der Waals surface area contributed by atoms with Gasteiger partial charge in [0.05, 0.1) is 18.8 Å². The highest BCUT2D eigenvalue weighted by atomic mass is 32.2. The van der Waals surface area contributed by atoms with E-state index in [4.69, 9.17) is 4.74 Å². The molecule has 0 spiro atoms. The Morgan fingerprint density at radius 2 is 1.69 bits per heavy atom. The van der Waals surface area contributed by atoms with Crippen LogP contribution >= 0.6 is 11.8 Å². The third-order valence-electron chi connectivity index (χ3n) is 5.30. The number of nitrogens with one attached hydrogen (secondary N) is 1. The summed E-state index contributed by atoms with van der Waals surface area (Å²) in [5.74, 6) is 1.94. The van der Waals surface area contributed by atoms with Crippen molar-refractivity contribution in [3.63, 3.8) is 0 Å². The van der Waals surface area contributed by atoms with Gasteiger partial charge in [0.15, 0.2) is 11.0 Å². The van der Waals surface area contributed by atoms with Crippen LogP contribution in [0.3, 0.4) is 0 Å². The van der Waals surface area contributed by atoms with Crippen LogP contribution in [0.1, 0.15) is 25.1 Å². The van der Waals surface area contributed by atoms with E-state index in [0.717, 1.165) is 42.1 Å². The maximum atomic E-state index is 12.3. The molecule has 4 rings (SSSR count). The van der Waals surface area contributed by atoms with Gasteiger partial charge in [-0.15, -0.1) is 10.2 Å². The number of piperidine rings is 1. The molecule has 1 N–H and O–H groups in total. The second-order valence-corrected chi connectivity index (χ2v) is 8.65. The third kappa shape index (κ3) is 6.34. The lowest BCUT2D eigenvalue weighted by atomic mass is 10.1. The molecular weight excluding hydrogens is 422 g/mol. The van der Waals surface area contributed by atoms with Crippen LogP contribution in [0.5, 0.6) is 5.75 Å². The normalized spacial score (nSPS) is 14.2. The number of hydrogen-bond donors (Lipinski definition) is 1. The van der Waals surface area contributed by atoms with Crippen LogP contribution in [0, 0.1) is 0 Å². The van der Waals surface area contributed by atoms with Crippen LogP contribution < -0.4 is 10.1 Å². The summed E-state index contributed by atoms with van der Waals surface area (Å²) in [6, 6.07) is 19.7. The molecule has 1 amide bonds. The van der Waals surface area contributed by atoms with E-state index in [-0.39, 0.29) is 11.7 Å². The molecule has 0 aliphatic carbocycles. The van der Waals surface area contributed by atoms with Crippen molar-refractivity contribution in [2.24, 2.45) is 0 Å². The molecule has 0 saturated carbocycles. The fraction of sp³-hybridized carbons (Fsp3) is 0.375. The smallest absolute Gasteiger partial charge is 0.230 e. The number of carbonyl (C=O) groups is 1. The van der Waals surface area contributed by atoms with E-state index in [0.29, 0.717) is 13.2 Å². The number of benzene rings is 2. The highest BCUT2D eigenvalue weighted by molar-refractivity contribution is 7.99. The average molecular weight is 452 g/mol. The van der Waals surface area contributed by atoms with E-state index in [1.165, 1.54) is 31.0 Å². The van der Waals surface area contributed by atoms with Gasteiger partial charge < -0.3 is 10.1 Å². The Morgan fingerprint density at radius 1 is 0.969 bits per heavy atom. The van der Waals surface area contributed by atoms with Crippen LogP contribution in [0.2, 0.25) is 0 Å². The van der Waals surface area contributed by atoms with E-state index in [1.807, 2.05) is 60.7 Å².